The van der Waals surface area contributed by atoms with Gasteiger partial charge in [0, 0.05) is 6.54 Å². The number of amides is 1. The molecule has 0 aromatic carbocycles. The van der Waals surface area contributed by atoms with Crippen molar-refractivity contribution in [2.45, 2.75) is 45.6 Å². The van der Waals surface area contributed by atoms with E-state index in [4.69, 9.17) is 5.73 Å². The van der Waals surface area contributed by atoms with Crippen LogP contribution in [0.3, 0.4) is 0 Å². The summed E-state index contributed by atoms with van der Waals surface area (Å²) in [7, 11) is 0. The molecule has 0 aromatic rings. The van der Waals surface area contributed by atoms with Crippen LogP contribution in [0.1, 0.15) is 40.0 Å². The molecule has 3 N–H and O–H groups in total. The summed E-state index contributed by atoms with van der Waals surface area (Å²) in [4.78, 5) is 11.5. The van der Waals surface area contributed by atoms with E-state index < -0.39 is 5.54 Å². The highest BCUT2D eigenvalue weighted by Crippen LogP contribution is 2.32. The summed E-state index contributed by atoms with van der Waals surface area (Å²) in [6.07, 6.45) is 2.74. The van der Waals surface area contributed by atoms with Crippen LogP contribution in [0.15, 0.2) is 0 Å². The van der Waals surface area contributed by atoms with Gasteiger partial charge in [-0.1, -0.05) is 20.8 Å². The second kappa shape index (κ2) is 3.29. The zero-order valence-corrected chi connectivity index (χ0v) is 8.81. The fraction of sp³-hybridized carbons (Fsp3) is 0.900. The summed E-state index contributed by atoms with van der Waals surface area (Å²) in [5, 5.41) is 2.91. The first-order valence-corrected chi connectivity index (χ1v) is 4.97. The minimum Gasteiger partial charge on any atom is -0.354 e. The van der Waals surface area contributed by atoms with Crippen molar-refractivity contribution >= 4 is 5.91 Å². The van der Waals surface area contributed by atoms with E-state index in [2.05, 4.69) is 26.1 Å². The minimum atomic E-state index is -0.524. The van der Waals surface area contributed by atoms with Gasteiger partial charge >= 0.3 is 0 Å². The molecule has 0 spiro atoms. The predicted octanol–water partition coefficient (Wildman–Crippen LogP) is 1.03. The Balaban J connectivity index is 2.30. The molecule has 1 aliphatic carbocycles. The molecule has 3 nitrogen and oxygen atoms in total. The van der Waals surface area contributed by atoms with Gasteiger partial charge in [0.2, 0.25) is 5.91 Å². The van der Waals surface area contributed by atoms with E-state index in [1.54, 1.807) is 0 Å². The molecule has 0 unspecified atom stereocenters. The molecule has 0 bridgehead atoms. The van der Waals surface area contributed by atoms with Crippen LogP contribution >= 0.6 is 0 Å². The molecule has 1 saturated carbocycles. The van der Waals surface area contributed by atoms with Crippen LogP contribution in [-0.4, -0.2) is 18.0 Å². The number of hydrogen-bond donors (Lipinski definition) is 2. The Bertz CT molecular complexity index is 207. The van der Waals surface area contributed by atoms with Gasteiger partial charge in [-0.25, -0.2) is 0 Å². The van der Waals surface area contributed by atoms with Crippen LogP contribution < -0.4 is 11.1 Å². The lowest BCUT2D eigenvalue weighted by Gasteiger charge is -2.23. The largest absolute Gasteiger partial charge is 0.354 e. The monoisotopic (exact) mass is 184 g/mol. The van der Waals surface area contributed by atoms with Gasteiger partial charge in [-0.05, 0) is 24.7 Å². The molecule has 0 atom stereocenters. The highest BCUT2D eigenvalue weighted by molar-refractivity contribution is 5.88. The van der Waals surface area contributed by atoms with Gasteiger partial charge in [0.25, 0.3) is 0 Å². The zero-order valence-electron chi connectivity index (χ0n) is 8.81. The molecule has 0 radical (unpaired) electrons. The predicted molar refractivity (Wildman–Crippen MR) is 53.2 cm³/mol. The number of carbonyl (C=O) groups excluding carboxylic acids is 1. The van der Waals surface area contributed by atoms with Crippen LogP contribution in [0, 0.1) is 5.41 Å². The van der Waals surface area contributed by atoms with E-state index in [9.17, 15) is 4.79 Å². The molecule has 0 aromatic heterocycles. The molecular formula is C10H20N2O. The van der Waals surface area contributed by atoms with Crippen LogP contribution in [-0.2, 0) is 4.79 Å². The lowest BCUT2D eigenvalue weighted by molar-refractivity contribution is -0.123. The molecule has 13 heavy (non-hydrogen) atoms. The first-order chi connectivity index (χ1) is 5.90. The number of nitrogens with two attached hydrogens (primary N) is 1. The van der Waals surface area contributed by atoms with Gasteiger partial charge in [-0.2, -0.15) is 0 Å². The zero-order chi connectivity index (χ0) is 10.1. The van der Waals surface area contributed by atoms with Crippen molar-refractivity contribution in [3.63, 3.8) is 0 Å². The average Bonchev–Trinajstić information content (AvgIpc) is 2.81. The highest BCUT2D eigenvalue weighted by Gasteiger charge is 2.45. The number of hydrogen-bond acceptors (Lipinski definition) is 2. The summed E-state index contributed by atoms with van der Waals surface area (Å²) in [5.74, 6) is 0.0222. The Morgan fingerprint density at radius 1 is 1.54 bits per heavy atom. The quantitative estimate of drug-likeness (QED) is 0.685. The molecule has 1 aliphatic rings. The topological polar surface area (TPSA) is 55.1 Å². The van der Waals surface area contributed by atoms with Crippen molar-refractivity contribution in [1.82, 2.24) is 5.32 Å². The van der Waals surface area contributed by atoms with Gasteiger partial charge in [-0.3, -0.25) is 4.79 Å². The SMILES string of the molecule is CCC(C)(C)CNC(=O)C1(N)CC1. The lowest BCUT2D eigenvalue weighted by Crippen LogP contribution is -2.45. The van der Waals surface area contributed by atoms with Crippen LogP contribution in [0.4, 0.5) is 0 Å². The molecule has 3 heteroatoms. The van der Waals surface area contributed by atoms with E-state index in [1.807, 2.05) is 0 Å². The molecule has 0 heterocycles. The van der Waals surface area contributed by atoms with Crippen molar-refractivity contribution in [2.75, 3.05) is 6.54 Å². The van der Waals surface area contributed by atoms with Gasteiger partial charge in [-0.15, -0.1) is 0 Å². The van der Waals surface area contributed by atoms with E-state index in [0.717, 1.165) is 25.8 Å². The summed E-state index contributed by atoms with van der Waals surface area (Å²) in [6.45, 7) is 7.13. The molecule has 0 aliphatic heterocycles. The molecule has 1 rings (SSSR count). The van der Waals surface area contributed by atoms with E-state index in [0.29, 0.717) is 0 Å². The molecule has 1 fully saturated rings. The Morgan fingerprint density at radius 3 is 2.46 bits per heavy atom. The third-order valence-electron chi connectivity index (χ3n) is 2.93. The fourth-order valence-corrected chi connectivity index (χ4v) is 0.982. The van der Waals surface area contributed by atoms with Crippen molar-refractivity contribution in [3.8, 4) is 0 Å². The summed E-state index contributed by atoms with van der Waals surface area (Å²) < 4.78 is 0. The second-order valence-electron chi connectivity index (χ2n) is 4.86. The fourth-order valence-electron chi connectivity index (χ4n) is 0.982. The number of nitrogens with one attached hydrogen (secondary N) is 1. The first-order valence-electron chi connectivity index (χ1n) is 4.97. The van der Waals surface area contributed by atoms with Crippen LogP contribution in [0.25, 0.3) is 0 Å². The standard InChI is InChI=1S/C10H20N2O/c1-4-9(2,3)7-12-8(13)10(11)5-6-10/h4-7,11H2,1-3H3,(H,12,13). The molecule has 1 amide bonds. The Kier molecular flexibility index (Phi) is 2.66. The van der Waals surface area contributed by atoms with E-state index >= 15 is 0 Å². The van der Waals surface area contributed by atoms with Crippen molar-refractivity contribution in [1.29, 1.82) is 0 Å². The summed E-state index contributed by atoms with van der Waals surface area (Å²) >= 11 is 0. The third kappa shape index (κ3) is 2.69. The summed E-state index contributed by atoms with van der Waals surface area (Å²) in [5.41, 5.74) is 5.41. The maximum absolute atomic E-state index is 11.5. The Hall–Kier alpha value is -0.570. The number of carbonyl (C=O) groups is 1. The smallest absolute Gasteiger partial charge is 0.240 e. The normalized spacial score (nSPS) is 19.7. The Morgan fingerprint density at radius 2 is 2.08 bits per heavy atom. The van der Waals surface area contributed by atoms with Gasteiger partial charge in [0.15, 0.2) is 0 Å². The van der Waals surface area contributed by atoms with E-state index in [1.165, 1.54) is 0 Å². The van der Waals surface area contributed by atoms with Gasteiger partial charge < -0.3 is 11.1 Å². The second-order valence-corrected chi connectivity index (χ2v) is 4.86. The third-order valence-corrected chi connectivity index (χ3v) is 2.93. The maximum Gasteiger partial charge on any atom is 0.240 e. The van der Waals surface area contributed by atoms with E-state index in [-0.39, 0.29) is 11.3 Å². The molecule has 76 valence electrons. The van der Waals surface area contributed by atoms with Crippen LogP contribution in [0.5, 0.6) is 0 Å². The Labute approximate surface area is 80.1 Å². The van der Waals surface area contributed by atoms with Crippen molar-refractivity contribution < 1.29 is 4.79 Å². The van der Waals surface area contributed by atoms with Gasteiger partial charge in [0.1, 0.15) is 0 Å². The minimum absolute atomic E-state index is 0.0222. The molecular weight excluding hydrogens is 164 g/mol. The average molecular weight is 184 g/mol. The number of rotatable bonds is 4. The van der Waals surface area contributed by atoms with Gasteiger partial charge in [0.05, 0.1) is 5.54 Å². The van der Waals surface area contributed by atoms with Crippen molar-refractivity contribution in [2.24, 2.45) is 11.1 Å². The van der Waals surface area contributed by atoms with Crippen LogP contribution in [0.2, 0.25) is 0 Å². The van der Waals surface area contributed by atoms with Crippen molar-refractivity contribution in [3.05, 3.63) is 0 Å². The molecule has 0 saturated heterocycles. The first kappa shape index (κ1) is 10.5. The maximum atomic E-state index is 11.5. The summed E-state index contributed by atoms with van der Waals surface area (Å²) in [6, 6.07) is 0. The highest BCUT2D eigenvalue weighted by atomic mass is 16.2. The lowest BCUT2D eigenvalue weighted by atomic mass is 9.90.